The predicted octanol–water partition coefficient (Wildman–Crippen LogP) is 0.444. The van der Waals surface area contributed by atoms with Crippen LogP contribution in [0.1, 0.15) is 25.7 Å². The highest BCUT2D eigenvalue weighted by molar-refractivity contribution is 5.02. The molecule has 4 aliphatic rings. The van der Waals surface area contributed by atoms with E-state index in [1.807, 2.05) is 0 Å². The zero-order valence-electron chi connectivity index (χ0n) is 6.93. The normalized spacial score (nSPS) is 53.5. The van der Waals surface area contributed by atoms with Crippen molar-refractivity contribution >= 4 is 0 Å². The predicted molar refractivity (Wildman–Crippen MR) is 40.9 cm³/mol. The van der Waals surface area contributed by atoms with Gasteiger partial charge in [0.05, 0.1) is 0 Å². The van der Waals surface area contributed by atoms with Crippen molar-refractivity contribution in [3.63, 3.8) is 0 Å². The van der Waals surface area contributed by atoms with Crippen LogP contribution < -0.4 is 0 Å². The SMILES string of the molecule is ON1C2CC3CC1CC(C2)N3O. The Balaban J connectivity index is 1.91. The van der Waals surface area contributed by atoms with Gasteiger partial charge in [-0.2, -0.15) is 10.1 Å². The summed E-state index contributed by atoms with van der Waals surface area (Å²) in [6.45, 7) is 0. The molecule has 4 heterocycles. The first-order valence-corrected chi connectivity index (χ1v) is 4.70. The number of hydrogen-bond donors (Lipinski definition) is 2. The van der Waals surface area contributed by atoms with E-state index in [2.05, 4.69) is 0 Å². The molecule has 0 radical (unpaired) electrons. The summed E-state index contributed by atoms with van der Waals surface area (Å²) in [4.78, 5) is 0. The number of piperidine rings is 4. The van der Waals surface area contributed by atoms with Gasteiger partial charge < -0.3 is 10.4 Å². The minimum atomic E-state index is 0.316. The monoisotopic (exact) mass is 170 g/mol. The summed E-state index contributed by atoms with van der Waals surface area (Å²) in [6, 6.07) is 1.26. The van der Waals surface area contributed by atoms with Gasteiger partial charge in [0.25, 0.3) is 0 Å². The van der Waals surface area contributed by atoms with Crippen molar-refractivity contribution in [1.29, 1.82) is 0 Å². The summed E-state index contributed by atoms with van der Waals surface area (Å²) >= 11 is 0. The second-order valence-electron chi connectivity index (χ2n) is 4.32. The van der Waals surface area contributed by atoms with E-state index in [1.165, 1.54) is 10.1 Å². The standard InChI is InChI=1S/C8H14N2O2/c11-9-5-1-6-3-8(9)4-7(2-5)10(6)12/h5-8,11-12H,1-4H2. The number of hydrogen-bond acceptors (Lipinski definition) is 4. The van der Waals surface area contributed by atoms with Crippen LogP contribution in [0.25, 0.3) is 0 Å². The Bertz CT molecular complexity index is 161. The third kappa shape index (κ3) is 0.758. The molecule has 0 aromatic rings. The van der Waals surface area contributed by atoms with Gasteiger partial charge in [0.1, 0.15) is 0 Å². The van der Waals surface area contributed by atoms with Crippen molar-refractivity contribution in [2.75, 3.05) is 0 Å². The fourth-order valence-electron chi connectivity index (χ4n) is 3.10. The number of hydroxylamine groups is 4. The molecule has 0 spiro atoms. The maximum atomic E-state index is 9.65. The van der Waals surface area contributed by atoms with Crippen LogP contribution in [0.4, 0.5) is 0 Å². The molecule has 4 nitrogen and oxygen atoms in total. The summed E-state index contributed by atoms with van der Waals surface area (Å²) in [5.74, 6) is 0. The van der Waals surface area contributed by atoms with E-state index >= 15 is 0 Å². The fourth-order valence-corrected chi connectivity index (χ4v) is 3.10. The largest absolute Gasteiger partial charge is 0.313 e. The minimum Gasteiger partial charge on any atom is -0.313 e. The van der Waals surface area contributed by atoms with Gasteiger partial charge >= 0.3 is 0 Å². The van der Waals surface area contributed by atoms with Crippen LogP contribution in [-0.2, 0) is 0 Å². The van der Waals surface area contributed by atoms with Crippen molar-refractivity contribution in [2.45, 2.75) is 49.9 Å². The molecular formula is C8H14N2O2. The van der Waals surface area contributed by atoms with E-state index in [4.69, 9.17) is 0 Å². The lowest BCUT2D eigenvalue weighted by Crippen LogP contribution is -2.66. The van der Waals surface area contributed by atoms with Crippen LogP contribution >= 0.6 is 0 Å². The molecule has 0 atom stereocenters. The maximum absolute atomic E-state index is 9.65. The first-order valence-electron chi connectivity index (χ1n) is 4.70. The van der Waals surface area contributed by atoms with E-state index in [0.717, 1.165) is 25.7 Å². The van der Waals surface area contributed by atoms with Crippen molar-refractivity contribution in [3.8, 4) is 0 Å². The average Bonchev–Trinajstić information content (AvgIpc) is 2.02. The molecule has 2 N–H and O–H groups in total. The highest BCUT2D eigenvalue weighted by Gasteiger charge is 2.50. The molecule has 0 saturated carbocycles. The van der Waals surface area contributed by atoms with Crippen LogP contribution in [0.3, 0.4) is 0 Å². The molecule has 4 heteroatoms. The van der Waals surface area contributed by atoms with Gasteiger partial charge in [-0.3, -0.25) is 0 Å². The topological polar surface area (TPSA) is 46.9 Å². The lowest BCUT2D eigenvalue weighted by molar-refractivity contribution is -0.298. The van der Waals surface area contributed by atoms with E-state index in [1.54, 1.807) is 0 Å². The van der Waals surface area contributed by atoms with E-state index in [9.17, 15) is 10.4 Å². The summed E-state index contributed by atoms with van der Waals surface area (Å²) in [5.41, 5.74) is 0. The Morgan fingerprint density at radius 2 is 0.917 bits per heavy atom. The molecule has 0 aromatic heterocycles. The van der Waals surface area contributed by atoms with Crippen LogP contribution in [0.15, 0.2) is 0 Å². The molecule has 4 aliphatic heterocycles. The number of rotatable bonds is 0. The molecule has 4 rings (SSSR count). The lowest BCUT2D eigenvalue weighted by Gasteiger charge is -2.56. The van der Waals surface area contributed by atoms with Gasteiger partial charge in [-0.05, 0) is 25.7 Å². The van der Waals surface area contributed by atoms with Crippen LogP contribution in [0, 0.1) is 0 Å². The number of nitrogens with zero attached hydrogens (tertiary/aromatic N) is 2. The molecule has 4 saturated heterocycles. The first-order chi connectivity index (χ1) is 5.75. The minimum absolute atomic E-state index is 0.316. The molecule has 4 bridgehead atoms. The van der Waals surface area contributed by atoms with Crippen molar-refractivity contribution in [2.24, 2.45) is 0 Å². The Labute approximate surface area is 71.3 Å². The highest BCUT2D eigenvalue weighted by Crippen LogP contribution is 2.42. The van der Waals surface area contributed by atoms with E-state index in [0.29, 0.717) is 24.2 Å². The van der Waals surface area contributed by atoms with Gasteiger partial charge in [0.15, 0.2) is 0 Å². The molecule has 4 fully saturated rings. The highest BCUT2D eigenvalue weighted by atomic mass is 16.5. The maximum Gasteiger partial charge on any atom is 0.0385 e. The Morgan fingerprint density at radius 1 is 0.667 bits per heavy atom. The first kappa shape index (κ1) is 7.26. The Morgan fingerprint density at radius 3 is 1.17 bits per heavy atom. The molecule has 0 aliphatic carbocycles. The van der Waals surface area contributed by atoms with Crippen LogP contribution in [0.2, 0.25) is 0 Å². The molecule has 0 amide bonds. The zero-order chi connectivity index (χ0) is 8.29. The Hall–Kier alpha value is -0.160. The van der Waals surface area contributed by atoms with Crippen molar-refractivity contribution in [3.05, 3.63) is 0 Å². The van der Waals surface area contributed by atoms with Gasteiger partial charge in [0.2, 0.25) is 0 Å². The average molecular weight is 170 g/mol. The van der Waals surface area contributed by atoms with Gasteiger partial charge in [0, 0.05) is 24.2 Å². The quantitative estimate of drug-likeness (QED) is 0.554. The summed E-state index contributed by atoms with van der Waals surface area (Å²) in [6.07, 6.45) is 3.72. The lowest BCUT2D eigenvalue weighted by atomic mass is 9.75. The Kier molecular flexibility index (Phi) is 1.33. The molecular weight excluding hydrogens is 156 g/mol. The third-order valence-electron chi connectivity index (χ3n) is 3.67. The third-order valence-corrected chi connectivity index (χ3v) is 3.67. The second kappa shape index (κ2) is 2.20. The van der Waals surface area contributed by atoms with Crippen LogP contribution in [-0.4, -0.2) is 44.7 Å². The molecule has 0 unspecified atom stereocenters. The van der Waals surface area contributed by atoms with Gasteiger partial charge in [-0.15, -0.1) is 0 Å². The zero-order valence-corrected chi connectivity index (χ0v) is 6.93. The van der Waals surface area contributed by atoms with Crippen molar-refractivity contribution < 1.29 is 10.4 Å². The van der Waals surface area contributed by atoms with Crippen molar-refractivity contribution in [1.82, 2.24) is 10.1 Å². The van der Waals surface area contributed by atoms with Gasteiger partial charge in [-0.1, -0.05) is 0 Å². The van der Waals surface area contributed by atoms with E-state index in [-0.39, 0.29) is 0 Å². The molecule has 12 heavy (non-hydrogen) atoms. The molecule has 0 aromatic carbocycles. The smallest absolute Gasteiger partial charge is 0.0385 e. The van der Waals surface area contributed by atoms with Gasteiger partial charge in [-0.25, -0.2) is 0 Å². The summed E-state index contributed by atoms with van der Waals surface area (Å²) in [7, 11) is 0. The summed E-state index contributed by atoms with van der Waals surface area (Å²) in [5, 5.41) is 22.3. The van der Waals surface area contributed by atoms with Crippen LogP contribution in [0.5, 0.6) is 0 Å². The molecule has 68 valence electrons. The van der Waals surface area contributed by atoms with E-state index < -0.39 is 0 Å². The second-order valence-corrected chi connectivity index (χ2v) is 4.32. The summed E-state index contributed by atoms with van der Waals surface area (Å²) < 4.78 is 0. The fraction of sp³-hybridized carbons (Fsp3) is 1.00.